The predicted molar refractivity (Wildman–Crippen MR) is 191 cm³/mol. The minimum absolute atomic E-state index is 0.0330. The number of esters is 1. The lowest BCUT2D eigenvalue weighted by Gasteiger charge is -2.45. The minimum Gasteiger partial charge on any atom is -0.508 e. The van der Waals surface area contributed by atoms with Crippen LogP contribution in [-0.2, 0) is 30.3 Å². The van der Waals surface area contributed by atoms with E-state index in [0.29, 0.717) is 23.3 Å². The Morgan fingerprint density at radius 2 is 1.48 bits per heavy atom. The number of aromatic hydroxyl groups is 1. The van der Waals surface area contributed by atoms with Gasteiger partial charge in [0.2, 0.25) is 11.8 Å². The molecule has 0 fully saturated rings. The monoisotopic (exact) mass is 685 g/mol. The molecule has 3 atom stereocenters. The summed E-state index contributed by atoms with van der Waals surface area (Å²) in [5, 5.41) is 16.1. The standard InChI is InChI=1S/C37H55N3O7S/c1-12-37(9,10)40(32(43)27(20-21-48-11)39-34(45)47-36(6,7)8)30(26-18-19-29(41)24(2)22-26)31(42)38-28(33(44)46-35(3,4)5)23-25-16-14-13-15-17-25/h13-19,22,27-28,30,41H,12,20-21,23H2,1-11H3,(H,38,42)(H,39,45). The number of amides is 3. The van der Waals surface area contributed by atoms with Crippen LogP contribution in [0.3, 0.4) is 0 Å². The van der Waals surface area contributed by atoms with Crippen LogP contribution in [0, 0.1) is 6.92 Å². The maximum Gasteiger partial charge on any atom is 0.408 e. The van der Waals surface area contributed by atoms with Gasteiger partial charge in [-0.2, -0.15) is 11.8 Å². The van der Waals surface area contributed by atoms with Crippen LogP contribution >= 0.6 is 11.8 Å². The van der Waals surface area contributed by atoms with Gasteiger partial charge in [0, 0.05) is 12.0 Å². The molecule has 0 aliphatic heterocycles. The largest absolute Gasteiger partial charge is 0.508 e. The summed E-state index contributed by atoms with van der Waals surface area (Å²) in [6.07, 6.45) is 2.06. The van der Waals surface area contributed by atoms with E-state index in [2.05, 4.69) is 10.6 Å². The van der Waals surface area contributed by atoms with Gasteiger partial charge in [-0.05, 0) is 116 Å². The third-order valence-corrected chi connectivity index (χ3v) is 8.33. The molecule has 2 aromatic carbocycles. The fraction of sp³-hybridized carbons (Fsp3) is 0.568. The van der Waals surface area contributed by atoms with Gasteiger partial charge >= 0.3 is 12.1 Å². The molecule has 3 amide bonds. The molecular weight excluding hydrogens is 630 g/mol. The van der Waals surface area contributed by atoms with Crippen LogP contribution in [0.25, 0.3) is 0 Å². The number of hydrogen-bond acceptors (Lipinski definition) is 8. The number of aryl methyl sites for hydroxylation is 1. The highest BCUT2D eigenvalue weighted by molar-refractivity contribution is 7.98. The molecule has 10 nitrogen and oxygen atoms in total. The first-order valence-corrected chi connectivity index (χ1v) is 17.8. The van der Waals surface area contributed by atoms with Gasteiger partial charge in [-0.3, -0.25) is 9.59 Å². The van der Waals surface area contributed by atoms with Gasteiger partial charge in [-0.25, -0.2) is 9.59 Å². The Morgan fingerprint density at radius 1 is 0.875 bits per heavy atom. The molecule has 0 spiro atoms. The average Bonchev–Trinajstić information content (AvgIpc) is 2.97. The van der Waals surface area contributed by atoms with E-state index in [-0.39, 0.29) is 18.6 Å². The second-order valence-electron chi connectivity index (χ2n) is 14.6. The summed E-state index contributed by atoms with van der Waals surface area (Å²) in [5.41, 5.74) is -0.757. The van der Waals surface area contributed by atoms with Crippen molar-refractivity contribution in [2.45, 2.75) is 123 Å². The lowest BCUT2D eigenvalue weighted by atomic mass is 9.91. The maximum atomic E-state index is 14.8. The molecular formula is C37H55N3O7S. The topological polar surface area (TPSA) is 134 Å². The van der Waals surface area contributed by atoms with Gasteiger partial charge in [0.25, 0.3) is 0 Å². The molecule has 2 rings (SSSR count). The van der Waals surface area contributed by atoms with Crippen molar-refractivity contribution in [3.63, 3.8) is 0 Å². The van der Waals surface area contributed by atoms with Crippen molar-refractivity contribution in [3.8, 4) is 5.75 Å². The fourth-order valence-corrected chi connectivity index (χ4v) is 5.46. The number of carbonyl (C=O) groups is 4. The number of hydrogen-bond donors (Lipinski definition) is 3. The molecule has 0 bridgehead atoms. The number of phenols is 1. The Morgan fingerprint density at radius 3 is 2.00 bits per heavy atom. The van der Waals surface area contributed by atoms with Crippen molar-refractivity contribution in [1.29, 1.82) is 0 Å². The highest BCUT2D eigenvalue weighted by atomic mass is 32.2. The lowest BCUT2D eigenvalue weighted by molar-refractivity contribution is -0.159. The molecule has 2 aromatic rings. The molecule has 0 aliphatic carbocycles. The summed E-state index contributed by atoms with van der Waals surface area (Å²) in [7, 11) is 0. The van der Waals surface area contributed by atoms with Crippen LogP contribution in [0.2, 0.25) is 0 Å². The van der Waals surface area contributed by atoms with Gasteiger partial charge in [0.1, 0.15) is 35.1 Å². The number of alkyl carbamates (subject to hydrolysis) is 1. The van der Waals surface area contributed by atoms with Crippen LogP contribution in [0.5, 0.6) is 5.75 Å². The summed E-state index contributed by atoms with van der Waals surface area (Å²) >= 11 is 1.52. The summed E-state index contributed by atoms with van der Waals surface area (Å²) < 4.78 is 11.2. The van der Waals surface area contributed by atoms with E-state index in [1.165, 1.54) is 22.7 Å². The lowest BCUT2D eigenvalue weighted by Crippen LogP contribution is -2.60. The number of nitrogens with one attached hydrogen (secondary N) is 2. The molecule has 0 radical (unpaired) electrons. The van der Waals surface area contributed by atoms with E-state index in [4.69, 9.17) is 9.47 Å². The third kappa shape index (κ3) is 12.4. The van der Waals surface area contributed by atoms with Crippen LogP contribution in [0.4, 0.5) is 4.79 Å². The first-order chi connectivity index (χ1) is 22.2. The van der Waals surface area contributed by atoms with E-state index in [9.17, 15) is 24.3 Å². The van der Waals surface area contributed by atoms with Crippen molar-refractivity contribution in [2.75, 3.05) is 12.0 Å². The third-order valence-electron chi connectivity index (χ3n) is 7.69. The summed E-state index contributed by atoms with van der Waals surface area (Å²) in [6.45, 7) is 17.8. The number of ether oxygens (including phenoxy) is 2. The van der Waals surface area contributed by atoms with Crippen LogP contribution in [0.15, 0.2) is 48.5 Å². The zero-order valence-corrected chi connectivity index (χ0v) is 31.2. The van der Waals surface area contributed by atoms with Crippen molar-refractivity contribution in [1.82, 2.24) is 15.5 Å². The molecule has 48 heavy (non-hydrogen) atoms. The first kappa shape index (κ1) is 40.4. The predicted octanol–water partition coefficient (Wildman–Crippen LogP) is 6.47. The van der Waals surface area contributed by atoms with Gasteiger partial charge in [0.15, 0.2) is 0 Å². The minimum atomic E-state index is -1.25. The number of benzene rings is 2. The second-order valence-corrected chi connectivity index (χ2v) is 15.6. The number of nitrogens with zero attached hydrogens (tertiary/aromatic N) is 1. The highest BCUT2D eigenvalue weighted by Crippen LogP contribution is 2.34. The molecule has 0 saturated carbocycles. The quantitative estimate of drug-likeness (QED) is 0.193. The van der Waals surface area contributed by atoms with Crippen molar-refractivity contribution in [2.24, 2.45) is 0 Å². The van der Waals surface area contributed by atoms with E-state index < -0.39 is 58.7 Å². The Hall–Kier alpha value is -3.73. The Balaban J connectivity index is 2.73. The first-order valence-electron chi connectivity index (χ1n) is 16.4. The fourth-order valence-electron chi connectivity index (χ4n) is 4.99. The highest BCUT2D eigenvalue weighted by Gasteiger charge is 2.44. The number of carbonyl (C=O) groups excluding carboxylic acids is 4. The van der Waals surface area contributed by atoms with E-state index in [0.717, 1.165) is 5.56 Å². The number of phenolic OH excluding ortho intramolecular Hbond substituents is 1. The summed E-state index contributed by atoms with van der Waals surface area (Å²) in [5.74, 6) is -1.12. The summed E-state index contributed by atoms with van der Waals surface area (Å²) in [4.78, 5) is 57.5. The van der Waals surface area contributed by atoms with Gasteiger partial charge in [0.05, 0.1) is 0 Å². The number of rotatable bonds is 14. The molecule has 11 heteroatoms. The van der Waals surface area contributed by atoms with Gasteiger partial charge in [-0.15, -0.1) is 0 Å². The number of thioether (sulfide) groups is 1. The Kier molecular flexibility index (Phi) is 14.4. The molecule has 3 unspecified atom stereocenters. The SMILES string of the molecule is CCC(C)(C)N(C(=O)C(CCSC)NC(=O)OC(C)(C)C)C(C(=O)NC(Cc1ccccc1)C(=O)OC(C)(C)C)c1ccc(O)c(C)c1. The average molecular weight is 686 g/mol. The van der Waals surface area contributed by atoms with E-state index in [1.54, 1.807) is 60.6 Å². The van der Waals surface area contributed by atoms with Crippen molar-refractivity contribution < 1.29 is 33.8 Å². The zero-order chi connectivity index (χ0) is 36.4. The van der Waals surface area contributed by atoms with Gasteiger partial charge < -0.3 is 30.1 Å². The van der Waals surface area contributed by atoms with Crippen molar-refractivity contribution in [3.05, 3.63) is 65.2 Å². The molecule has 266 valence electrons. The Bertz CT molecular complexity index is 1400. The van der Waals surface area contributed by atoms with E-state index in [1.807, 2.05) is 57.4 Å². The normalized spacial score (nSPS) is 13.9. The Labute approximate surface area is 290 Å². The van der Waals surface area contributed by atoms with Crippen LogP contribution < -0.4 is 10.6 Å². The van der Waals surface area contributed by atoms with Crippen LogP contribution in [0.1, 0.15) is 97.9 Å². The molecule has 0 saturated heterocycles. The van der Waals surface area contributed by atoms with Crippen LogP contribution in [-0.4, -0.2) is 74.7 Å². The summed E-state index contributed by atoms with van der Waals surface area (Å²) in [6, 6.07) is 10.7. The smallest absolute Gasteiger partial charge is 0.408 e. The molecule has 3 N–H and O–H groups in total. The van der Waals surface area contributed by atoms with E-state index >= 15 is 0 Å². The van der Waals surface area contributed by atoms with Crippen molar-refractivity contribution >= 4 is 35.6 Å². The molecule has 0 aliphatic rings. The van der Waals surface area contributed by atoms with Gasteiger partial charge in [-0.1, -0.05) is 43.3 Å². The maximum absolute atomic E-state index is 14.8. The second kappa shape index (κ2) is 17.1. The molecule has 0 aromatic heterocycles. The zero-order valence-electron chi connectivity index (χ0n) is 30.4. The molecule has 0 heterocycles.